The number of nitrogens with two attached hydrogens (primary N) is 1. The van der Waals surface area contributed by atoms with Gasteiger partial charge in [0.05, 0.1) is 5.56 Å². The highest BCUT2D eigenvalue weighted by atomic mass is 16.5. The molecule has 1 saturated carbocycles. The maximum atomic E-state index is 8.88. The first-order valence-corrected chi connectivity index (χ1v) is 7.62. The number of nitrogens with zero attached hydrogens (tertiary/aromatic N) is 2. The Labute approximate surface area is 126 Å². The molecule has 21 heavy (non-hydrogen) atoms. The summed E-state index contributed by atoms with van der Waals surface area (Å²) in [5, 5.41) is 11.9. The van der Waals surface area contributed by atoms with E-state index >= 15 is 0 Å². The molecule has 0 spiro atoms. The van der Waals surface area contributed by atoms with Gasteiger partial charge in [0, 0.05) is 6.20 Å². The molecule has 3 atom stereocenters. The van der Waals surface area contributed by atoms with Gasteiger partial charge >= 0.3 is 0 Å². The zero-order chi connectivity index (χ0) is 15.4. The smallest absolute Gasteiger partial charge is 0.224 e. The van der Waals surface area contributed by atoms with Crippen molar-refractivity contribution < 1.29 is 9.94 Å². The molecule has 2 rings (SSSR count). The Balaban J connectivity index is 2.23. The van der Waals surface area contributed by atoms with Crippen molar-refractivity contribution in [2.24, 2.45) is 28.6 Å². The molecule has 5 nitrogen and oxygen atoms in total. The number of ether oxygens (including phenoxy) is 1. The fourth-order valence-electron chi connectivity index (χ4n) is 3.13. The first kappa shape index (κ1) is 15.6. The van der Waals surface area contributed by atoms with E-state index in [0.29, 0.717) is 29.2 Å². The number of amidine groups is 1. The largest absolute Gasteiger partial charge is 0.474 e. The molecule has 0 aromatic carbocycles. The van der Waals surface area contributed by atoms with Gasteiger partial charge in [-0.25, -0.2) is 4.98 Å². The topological polar surface area (TPSA) is 80.7 Å². The summed E-state index contributed by atoms with van der Waals surface area (Å²) in [4.78, 5) is 4.27. The van der Waals surface area contributed by atoms with E-state index in [-0.39, 0.29) is 11.9 Å². The van der Waals surface area contributed by atoms with E-state index in [2.05, 4.69) is 30.9 Å². The first-order valence-electron chi connectivity index (χ1n) is 7.62. The summed E-state index contributed by atoms with van der Waals surface area (Å²) >= 11 is 0. The number of hydrogen-bond donors (Lipinski definition) is 2. The average molecular weight is 291 g/mol. The van der Waals surface area contributed by atoms with Gasteiger partial charge in [0.15, 0.2) is 5.84 Å². The Kier molecular flexibility index (Phi) is 5.04. The van der Waals surface area contributed by atoms with Crippen LogP contribution in [0.4, 0.5) is 0 Å². The summed E-state index contributed by atoms with van der Waals surface area (Å²) in [6, 6.07) is 3.51. The molecule has 3 N–H and O–H groups in total. The molecule has 0 aliphatic heterocycles. The Morgan fingerprint density at radius 2 is 2.24 bits per heavy atom. The Morgan fingerprint density at radius 1 is 1.48 bits per heavy atom. The predicted octanol–water partition coefficient (Wildman–Crippen LogP) is 3.02. The number of oxime groups is 1. The summed E-state index contributed by atoms with van der Waals surface area (Å²) in [6.45, 7) is 6.73. The van der Waals surface area contributed by atoms with E-state index in [1.54, 1.807) is 18.3 Å². The van der Waals surface area contributed by atoms with E-state index < -0.39 is 0 Å². The Bertz CT molecular complexity index is 502. The number of rotatable bonds is 4. The molecule has 0 saturated heterocycles. The maximum absolute atomic E-state index is 8.88. The molecule has 1 aliphatic rings. The van der Waals surface area contributed by atoms with E-state index in [1.165, 1.54) is 12.8 Å². The first-order chi connectivity index (χ1) is 10.0. The third-order valence-electron chi connectivity index (χ3n) is 4.38. The summed E-state index contributed by atoms with van der Waals surface area (Å²) in [7, 11) is 0. The second-order valence-corrected chi connectivity index (χ2v) is 6.32. The quantitative estimate of drug-likeness (QED) is 0.387. The fourth-order valence-corrected chi connectivity index (χ4v) is 3.13. The lowest BCUT2D eigenvalue weighted by Gasteiger charge is -2.37. The highest BCUT2D eigenvalue weighted by molar-refractivity contribution is 5.98. The number of aromatic nitrogens is 1. The van der Waals surface area contributed by atoms with Gasteiger partial charge in [-0.1, -0.05) is 32.3 Å². The van der Waals surface area contributed by atoms with Crippen LogP contribution in [0.1, 0.15) is 45.6 Å². The second kappa shape index (κ2) is 6.78. The van der Waals surface area contributed by atoms with Crippen LogP contribution in [0.5, 0.6) is 5.88 Å². The minimum absolute atomic E-state index is 0.0306. The highest BCUT2D eigenvalue weighted by Crippen LogP contribution is 2.36. The SMILES string of the molecule is CC1CCC(C(C)C)C(Oc2ncccc2/C(N)=N/O)C1. The van der Waals surface area contributed by atoms with E-state index in [9.17, 15) is 0 Å². The van der Waals surface area contributed by atoms with Crippen LogP contribution in [-0.2, 0) is 0 Å². The van der Waals surface area contributed by atoms with Crippen molar-refractivity contribution in [2.75, 3.05) is 0 Å². The molecule has 1 fully saturated rings. The number of hydrogen-bond acceptors (Lipinski definition) is 4. The van der Waals surface area contributed by atoms with Crippen LogP contribution in [-0.4, -0.2) is 22.1 Å². The molecule has 1 aromatic rings. The summed E-state index contributed by atoms with van der Waals surface area (Å²) < 4.78 is 6.17. The van der Waals surface area contributed by atoms with Crippen LogP contribution in [0.2, 0.25) is 0 Å². The molecule has 1 heterocycles. The standard InChI is InChI=1S/C16H25N3O2/c1-10(2)12-7-6-11(3)9-14(12)21-16-13(15(17)19-20)5-4-8-18-16/h4-5,8,10-12,14,20H,6-7,9H2,1-3H3,(H2,17,19). The zero-order valence-electron chi connectivity index (χ0n) is 13.0. The van der Waals surface area contributed by atoms with Gasteiger partial charge in [0.1, 0.15) is 6.10 Å². The van der Waals surface area contributed by atoms with Gasteiger partial charge < -0.3 is 15.7 Å². The van der Waals surface area contributed by atoms with E-state index in [4.69, 9.17) is 15.7 Å². The lowest BCUT2D eigenvalue weighted by Crippen LogP contribution is -2.37. The third kappa shape index (κ3) is 3.65. The van der Waals surface area contributed by atoms with Crippen molar-refractivity contribution in [1.82, 2.24) is 4.98 Å². The van der Waals surface area contributed by atoms with Crippen molar-refractivity contribution in [1.29, 1.82) is 0 Å². The van der Waals surface area contributed by atoms with Gasteiger partial charge in [-0.05, 0) is 42.7 Å². The third-order valence-corrected chi connectivity index (χ3v) is 4.38. The molecule has 1 aromatic heterocycles. The molecule has 0 bridgehead atoms. The summed E-state index contributed by atoms with van der Waals surface area (Å²) in [5.41, 5.74) is 6.24. The highest BCUT2D eigenvalue weighted by Gasteiger charge is 2.33. The minimum atomic E-state index is 0.0306. The molecule has 3 unspecified atom stereocenters. The second-order valence-electron chi connectivity index (χ2n) is 6.32. The summed E-state index contributed by atoms with van der Waals surface area (Å²) in [6.07, 6.45) is 5.25. The normalized spacial score (nSPS) is 26.9. The molecule has 0 radical (unpaired) electrons. The van der Waals surface area contributed by atoms with E-state index in [0.717, 1.165) is 6.42 Å². The van der Waals surface area contributed by atoms with Crippen molar-refractivity contribution in [3.8, 4) is 5.88 Å². The van der Waals surface area contributed by atoms with E-state index in [1.807, 2.05) is 0 Å². The average Bonchev–Trinajstić information content (AvgIpc) is 2.47. The van der Waals surface area contributed by atoms with Crippen LogP contribution in [0.15, 0.2) is 23.5 Å². The monoisotopic (exact) mass is 291 g/mol. The maximum Gasteiger partial charge on any atom is 0.224 e. The van der Waals surface area contributed by atoms with Crippen LogP contribution >= 0.6 is 0 Å². The molecule has 116 valence electrons. The van der Waals surface area contributed by atoms with Crippen LogP contribution < -0.4 is 10.5 Å². The van der Waals surface area contributed by atoms with Gasteiger partial charge in [-0.2, -0.15) is 0 Å². The van der Waals surface area contributed by atoms with Gasteiger partial charge in [-0.15, -0.1) is 0 Å². The Hall–Kier alpha value is -1.78. The van der Waals surface area contributed by atoms with Gasteiger partial charge in [0.2, 0.25) is 5.88 Å². The van der Waals surface area contributed by atoms with Crippen molar-refractivity contribution >= 4 is 5.84 Å². The molecule has 1 aliphatic carbocycles. The van der Waals surface area contributed by atoms with Crippen molar-refractivity contribution in [2.45, 2.75) is 46.1 Å². The van der Waals surface area contributed by atoms with Gasteiger partial charge in [0.25, 0.3) is 0 Å². The molecule has 0 amide bonds. The van der Waals surface area contributed by atoms with Crippen LogP contribution in [0.3, 0.4) is 0 Å². The van der Waals surface area contributed by atoms with Crippen molar-refractivity contribution in [3.63, 3.8) is 0 Å². The predicted molar refractivity (Wildman–Crippen MR) is 82.5 cm³/mol. The molecular weight excluding hydrogens is 266 g/mol. The lowest BCUT2D eigenvalue weighted by molar-refractivity contribution is 0.0425. The molecular formula is C16H25N3O2. The zero-order valence-corrected chi connectivity index (χ0v) is 13.0. The van der Waals surface area contributed by atoms with Gasteiger partial charge in [-0.3, -0.25) is 0 Å². The minimum Gasteiger partial charge on any atom is -0.474 e. The summed E-state index contributed by atoms with van der Waals surface area (Å²) in [5.74, 6) is 2.23. The van der Waals surface area contributed by atoms with Crippen molar-refractivity contribution in [3.05, 3.63) is 23.9 Å². The number of pyridine rings is 1. The van der Waals surface area contributed by atoms with Crippen LogP contribution in [0, 0.1) is 17.8 Å². The Morgan fingerprint density at radius 3 is 2.90 bits per heavy atom. The molecule has 5 heteroatoms. The lowest BCUT2D eigenvalue weighted by atomic mass is 9.75. The van der Waals surface area contributed by atoms with Crippen LogP contribution in [0.25, 0.3) is 0 Å². The fraction of sp³-hybridized carbons (Fsp3) is 0.625.